The number of aromatic nitrogens is 1. The smallest absolute Gasteiger partial charge is 0.154 e. The maximum Gasteiger partial charge on any atom is 0.154 e. The number of pyridine rings is 1. The van der Waals surface area contributed by atoms with Crippen LogP contribution in [0.2, 0.25) is 0 Å². The van der Waals surface area contributed by atoms with Crippen molar-refractivity contribution in [1.82, 2.24) is 4.98 Å². The van der Waals surface area contributed by atoms with Crippen molar-refractivity contribution >= 4 is 17.2 Å². The van der Waals surface area contributed by atoms with Crippen LogP contribution in [0, 0.1) is 13.8 Å². The fourth-order valence-electron chi connectivity index (χ4n) is 1.83. The first-order chi connectivity index (χ1) is 7.13. The molecule has 0 atom stereocenters. The van der Waals surface area contributed by atoms with Crippen LogP contribution in [0.15, 0.2) is 18.2 Å². The minimum Gasteiger partial charge on any atom is -0.507 e. The summed E-state index contributed by atoms with van der Waals surface area (Å²) < 4.78 is 0. The van der Waals surface area contributed by atoms with Gasteiger partial charge in [-0.3, -0.25) is 9.78 Å². The van der Waals surface area contributed by atoms with Crippen LogP contribution in [-0.4, -0.2) is 16.4 Å². The first kappa shape index (κ1) is 9.65. The average Bonchev–Trinajstić information content (AvgIpc) is 2.18. The van der Waals surface area contributed by atoms with Crippen molar-refractivity contribution in [3.63, 3.8) is 0 Å². The Hall–Kier alpha value is -1.90. The molecule has 0 spiro atoms. The highest BCUT2D eigenvalue weighted by atomic mass is 16.3. The van der Waals surface area contributed by atoms with E-state index in [1.807, 2.05) is 19.9 Å². The van der Waals surface area contributed by atoms with Crippen molar-refractivity contribution in [1.29, 1.82) is 0 Å². The molecule has 0 bridgehead atoms. The van der Waals surface area contributed by atoms with E-state index in [1.54, 1.807) is 6.07 Å². The standard InChI is InChI=1S/C12H11NO2/c1-7-5-8(2)13-10-3-4-11(15)9(6-14)12(7)10/h3-6,15H,1-2H3. The molecule has 3 nitrogen and oxygen atoms in total. The fraction of sp³-hybridized carbons (Fsp3) is 0.167. The molecule has 0 saturated carbocycles. The SMILES string of the molecule is Cc1cc(C)c2c(C=O)c(O)ccc2n1. The molecule has 0 saturated heterocycles. The molecule has 2 rings (SSSR count). The highest BCUT2D eigenvalue weighted by molar-refractivity contribution is 6.00. The van der Waals surface area contributed by atoms with E-state index in [1.165, 1.54) is 6.07 Å². The number of benzene rings is 1. The van der Waals surface area contributed by atoms with E-state index in [2.05, 4.69) is 4.98 Å². The zero-order valence-electron chi connectivity index (χ0n) is 8.61. The summed E-state index contributed by atoms with van der Waals surface area (Å²) in [5.41, 5.74) is 2.92. The zero-order chi connectivity index (χ0) is 11.0. The van der Waals surface area contributed by atoms with E-state index in [9.17, 15) is 9.90 Å². The van der Waals surface area contributed by atoms with Crippen molar-refractivity contribution in [3.05, 3.63) is 35.0 Å². The van der Waals surface area contributed by atoms with Gasteiger partial charge in [-0.15, -0.1) is 0 Å². The van der Waals surface area contributed by atoms with Crippen LogP contribution in [0.5, 0.6) is 5.75 Å². The number of phenols is 1. The summed E-state index contributed by atoms with van der Waals surface area (Å²) in [5.74, 6) is 0.00579. The number of phenolic OH excluding ortho intramolecular Hbond substituents is 1. The third-order valence-electron chi connectivity index (χ3n) is 2.43. The molecule has 0 aliphatic rings. The first-order valence-electron chi connectivity index (χ1n) is 4.68. The molecule has 0 aliphatic heterocycles. The lowest BCUT2D eigenvalue weighted by atomic mass is 10.0. The fourth-order valence-corrected chi connectivity index (χ4v) is 1.83. The van der Waals surface area contributed by atoms with Gasteiger partial charge in [0.1, 0.15) is 5.75 Å². The minimum atomic E-state index is 0.00579. The van der Waals surface area contributed by atoms with Gasteiger partial charge in [0.05, 0.1) is 11.1 Å². The monoisotopic (exact) mass is 201 g/mol. The van der Waals surface area contributed by atoms with Crippen LogP contribution in [0.1, 0.15) is 21.6 Å². The lowest BCUT2D eigenvalue weighted by Crippen LogP contribution is -1.92. The number of carbonyl (C=O) groups excluding carboxylic acids is 1. The third kappa shape index (κ3) is 1.46. The number of hydrogen-bond acceptors (Lipinski definition) is 3. The van der Waals surface area contributed by atoms with E-state index >= 15 is 0 Å². The van der Waals surface area contributed by atoms with Gasteiger partial charge in [0.25, 0.3) is 0 Å². The van der Waals surface area contributed by atoms with Crippen molar-refractivity contribution < 1.29 is 9.90 Å². The Morgan fingerprint density at radius 3 is 2.73 bits per heavy atom. The molecule has 3 heteroatoms. The largest absolute Gasteiger partial charge is 0.507 e. The van der Waals surface area contributed by atoms with Crippen LogP contribution in [-0.2, 0) is 0 Å². The van der Waals surface area contributed by atoms with Crippen LogP contribution < -0.4 is 0 Å². The first-order valence-corrected chi connectivity index (χ1v) is 4.68. The summed E-state index contributed by atoms with van der Waals surface area (Å²) in [6, 6.07) is 5.12. The molecule has 1 aromatic carbocycles. The second-order valence-electron chi connectivity index (χ2n) is 3.59. The number of fused-ring (bicyclic) bond motifs is 1. The third-order valence-corrected chi connectivity index (χ3v) is 2.43. The molecule has 1 heterocycles. The zero-order valence-corrected chi connectivity index (χ0v) is 8.61. The van der Waals surface area contributed by atoms with Crippen LogP contribution in [0.25, 0.3) is 10.9 Å². The van der Waals surface area contributed by atoms with E-state index in [-0.39, 0.29) is 5.75 Å². The second-order valence-corrected chi connectivity index (χ2v) is 3.59. The number of carbonyl (C=O) groups is 1. The quantitative estimate of drug-likeness (QED) is 0.720. The number of aryl methyl sites for hydroxylation is 2. The molecule has 1 N–H and O–H groups in total. The predicted octanol–water partition coefficient (Wildman–Crippen LogP) is 2.37. The van der Waals surface area contributed by atoms with Gasteiger partial charge in [0.2, 0.25) is 0 Å². The van der Waals surface area contributed by atoms with Gasteiger partial charge in [-0.2, -0.15) is 0 Å². The van der Waals surface area contributed by atoms with E-state index in [0.717, 1.165) is 22.2 Å². The Labute approximate surface area is 87.4 Å². The predicted molar refractivity (Wildman–Crippen MR) is 58.3 cm³/mol. The van der Waals surface area contributed by atoms with Gasteiger partial charge >= 0.3 is 0 Å². The minimum absolute atomic E-state index is 0.00579. The average molecular weight is 201 g/mol. The number of hydrogen-bond donors (Lipinski definition) is 1. The normalized spacial score (nSPS) is 10.5. The highest BCUT2D eigenvalue weighted by Gasteiger charge is 2.09. The van der Waals surface area contributed by atoms with Gasteiger partial charge in [-0.05, 0) is 37.6 Å². The number of aromatic hydroxyl groups is 1. The molecule has 0 aliphatic carbocycles. The van der Waals surface area contributed by atoms with E-state index in [4.69, 9.17) is 0 Å². The molecule has 0 unspecified atom stereocenters. The molecule has 2 aromatic rings. The Kier molecular flexibility index (Phi) is 2.15. The van der Waals surface area contributed by atoms with Crippen molar-refractivity contribution in [2.24, 2.45) is 0 Å². The second kappa shape index (κ2) is 3.35. The summed E-state index contributed by atoms with van der Waals surface area (Å²) in [7, 11) is 0. The summed E-state index contributed by atoms with van der Waals surface area (Å²) in [5, 5.41) is 10.3. The maximum atomic E-state index is 10.9. The van der Waals surface area contributed by atoms with Gasteiger partial charge < -0.3 is 5.11 Å². The Balaban J connectivity index is 2.97. The number of nitrogens with zero attached hydrogens (tertiary/aromatic N) is 1. The summed E-state index contributed by atoms with van der Waals surface area (Å²) in [4.78, 5) is 15.2. The molecule has 15 heavy (non-hydrogen) atoms. The van der Waals surface area contributed by atoms with E-state index in [0.29, 0.717) is 11.8 Å². The van der Waals surface area contributed by atoms with Crippen LogP contribution in [0.4, 0.5) is 0 Å². The van der Waals surface area contributed by atoms with Crippen LogP contribution >= 0.6 is 0 Å². The van der Waals surface area contributed by atoms with Crippen LogP contribution in [0.3, 0.4) is 0 Å². The lowest BCUT2D eigenvalue weighted by Gasteiger charge is -2.07. The Morgan fingerprint density at radius 2 is 2.07 bits per heavy atom. The van der Waals surface area contributed by atoms with Crippen molar-refractivity contribution in [3.8, 4) is 5.75 Å². The maximum absolute atomic E-state index is 10.9. The molecular formula is C12H11NO2. The molecule has 0 amide bonds. The number of rotatable bonds is 1. The van der Waals surface area contributed by atoms with E-state index < -0.39 is 0 Å². The lowest BCUT2D eigenvalue weighted by molar-refractivity contribution is 0.112. The molecule has 0 radical (unpaired) electrons. The molecule has 0 fully saturated rings. The molecule has 1 aromatic heterocycles. The van der Waals surface area contributed by atoms with Gasteiger partial charge in [0, 0.05) is 11.1 Å². The molecular weight excluding hydrogens is 190 g/mol. The Bertz CT molecular complexity index is 547. The number of aldehydes is 1. The summed E-state index contributed by atoms with van der Waals surface area (Å²) >= 11 is 0. The summed E-state index contributed by atoms with van der Waals surface area (Å²) in [6.07, 6.45) is 0.668. The topological polar surface area (TPSA) is 50.2 Å². The van der Waals surface area contributed by atoms with Crippen molar-refractivity contribution in [2.45, 2.75) is 13.8 Å². The van der Waals surface area contributed by atoms with Gasteiger partial charge in [-0.25, -0.2) is 0 Å². The Morgan fingerprint density at radius 1 is 1.33 bits per heavy atom. The van der Waals surface area contributed by atoms with Crippen molar-refractivity contribution in [2.75, 3.05) is 0 Å². The highest BCUT2D eigenvalue weighted by Crippen LogP contribution is 2.27. The summed E-state index contributed by atoms with van der Waals surface area (Å²) in [6.45, 7) is 3.81. The van der Waals surface area contributed by atoms with Gasteiger partial charge in [-0.1, -0.05) is 0 Å². The van der Waals surface area contributed by atoms with Gasteiger partial charge in [0.15, 0.2) is 6.29 Å². The molecule has 76 valence electrons.